The van der Waals surface area contributed by atoms with E-state index in [0.717, 1.165) is 54.8 Å². The lowest BCUT2D eigenvalue weighted by atomic mass is 10.0. The highest BCUT2D eigenvalue weighted by atomic mass is 16.3. The van der Waals surface area contributed by atoms with Crippen molar-refractivity contribution in [3.05, 3.63) is 72.7 Å². The van der Waals surface area contributed by atoms with Gasteiger partial charge in [0.2, 0.25) is 5.91 Å². The molecule has 1 amide bonds. The third-order valence-corrected chi connectivity index (χ3v) is 8.08. The van der Waals surface area contributed by atoms with Crippen LogP contribution in [0, 0.1) is 11.8 Å². The molecule has 0 spiro atoms. The maximum atomic E-state index is 12.7. The van der Waals surface area contributed by atoms with E-state index in [1.165, 1.54) is 6.33 Å². The molecule has 11 heteroatoms. The summed E-state index contributed by atoms with van der Waals surface area (Å²) in [6.45, 7) is 2.29. The average molecular weight is 554 g/mol. The molecule has 2 fully saturated rings. The number of nitrogen functional groups attached to an aromatic ring is 1. The van der Waals surface area contributed by atoms with Crippen LogP contribution >= 0.6 is 0 Å². The summed E-state index contributed by atoms with van der Waals surface area (Å²) in [5, 5.41) is 19.4. The molecular formula is C30H35N9O2. The van der Waals surface area contributed by atoms with E-state index < -0.39 is 6.23 Å². The number of hydrogen-bond donors (Lipinski definition) is 3. The van der Waals surface area contributed by atoms with Crippen molar-refractivity contribution in [3.63, 3.8) is 0 Å². The van der Waals surface area contributed by atoms with Crippen LogP contribution in [0.5, 0.6) is 0 Å². The number of amides is 1. The van der Waals surface area contributed by atoms with Crippen molar-refractivity contribution in [2.75, 3.05) is 44.8 Å². The van der Waals surface area contributed by atoms with E-state index in [1.807, 2.05) is 71.1 Å². The summed E-state index contributed by atoms with van der Waals surface area (Å²) >= 11 is 0. The molecule has 6 rings (SSSR count). The molecule has 3 atom stereocenters. The van der Waals surface area contributed by atoms with Gasteiger partial charge in [-0.25, -0.2) is 19.6 Å². The minimum absolute atomic E-state index is 0.0916. The van der Waals surface area contributed by atoms with Crippen molar-refractivity contribution in [1.29, 1.82) is 0 Å². The summed E-state index contributed by atoms with van der Waals surface area (Å²) in [6, 6.07) is 13.2. The molecule has 1 saturated heterocycles. The van der Waals surface area contributed by atoms with Gasteiger partial charge in [0, 0.05) is 43.0 Å². The van der Waals surface area contributed by atoms with Gasteiger partial charge in [0.05, 0.1) is 11.4 Å². The molecule has 3 unspecified atom stereocenters. The molecule has 4 N–H and O–H groups in total. The lowest BCUT2D eigenvalue weighted by molar-refractivity contribution is -0.125. The number of pyridine rings is 1. The van der Waals surface area contributed by atoms with Crippen LogP contribution in [0.25, 0.3) is 22.3 Å². The van der Waals surface area contributed by atoms with E-state index in [1.54, 1.807) is 18.3 Å². The number of likely N-dealkylation sites (N-methyl/N-ethyl adjacent to an activating group) is 1. The maximum Gasteiger partial charge on any atom is 0.246 e. The number of anilines is 2. The van der Waals surface area contributed by atoms with E-state index in [-0.39, 0.29) is 11.9 Å². The molecule has 0 radical (unpaired) electrons. The Morgan fingerprint density at radius 2 is 1.88 bits per heavy atom. The number of fused-ring (bicyclic) bond motifs is 2. The topological polar surface area (TPSA) is 138 Å². The number of nitrogens with zero attached hydrogens (tertiary/aromatic N) is 7. The second-order valence-corrected chi connectivity index (χ2v) is 11.2. The van der Waals surface area contributed by atoms with Gasteiger partial charge in [0.25, 0.3) is 0 Å². The number of hydrogen-bond acceptors (Lipinski definition) is 9. The van der Waals surface area contributed by atoms with E-state index in [9.17, 15) is 9.90 Å². The van der Waals surface area contributed by atoms with Gasteiger partial charge in [0.15, 0.2) is 11.9 Å². The summed E-state index contributed by atoms with van der Waals surface area (Å²) in [6.07, 6.45) is 7.73. The number of rotatable bonds is 8. The van der Waals surface area contributed by atoms with Crippen LogP contribution in [0.15, 0.2) is 67.1 Å². The Kier molecular flexibility index (Phi) is 7.38. The predicted molar refractivity (Wildman–Crippen MR) is 158 cm³/mol. The van der Waals surface area contributed by atoms with Crippen LogP contribution in [0.3, 0.4) is 0 Å². The van der Waals surface area contributed by atoms with Gasteiger partial charge >= 0.3 is 0 Å². The monoisotopic (exact) mass is 553 g/mol. The molecule has 11 nitrogen and oxygen atoms in total. The second kappa shape index (κ2) is 11.3. The van der Waals surface area contributed by atoms with Gasteiger partial charge in [-0.3, -0.25) is 4.79 Å². The summed E-state index contributed by atoms with van der Waals surface area (Å²) in [7, 11) is 3.97. The fourth-order valence-electron chi connectivity index (χ4n) is 6.06. The summed E-state index contributed by atoms with van der Waals surface area (Å²) in [5.41, 5.74) is 9.36. The Balaban J connectivity index is 1.20. The third kappa shape index (κ3) is 5.50. The van der Waals surface area contributed by atoms with Crippen molar-refractivity contribution in [2.24, 2.45) is 11.8 Å². The van der Waals surface area contributed by atoms with Gasteiger partial charge in [0.1, 0.15) is 23.7 Å². The van der Waals surface area contributed by atoms with Gasteiger partial charge < -0.3 is 26.0 Å². The van der Waals surface area contributed by atoms with Crippen molar-refractivity contribution in [3.8, 4) is 11.3 Å². The number of nitrogens with one attached hydrogen (secondary N) is 1. The number of aliphatic hydroxyl groups excluding tert-OH is 1. The minimum Gasteiger partial charge on any atom is -0.383 e. The molecule has 1 aromatic carbocycles. The third-order valence-electron chi connectivity index (χ3n) is 8.08. The number of benzene rings is 1. The quantitative estimate of drug-likeness (QED) is 0.222. The van der Waals surface area contributed by atoms with Gasteiger partial charge in [-0.15, -0.1) is 0 Å². The van der Waals surface area contributed by atoms with Crippen LogP contribution in [0.4, 0.5) is 11.6 Å². The Morgan fingerprint density at radius 3 is 2.56 bits per heavy atom. The van der Waals surface area contributed by atoms with E-state index >= 15 is 0 Å². The normalized spacial score (nSPS) is 21.2. The first-order valence-electron chi connectivity index (χ1n) is 13.9. The lowest BCUT2D eigenvalue weighted by Gasteiger charge is -2.18. The number of carbonyl (C=O) groups is 1. The van der Waals surface area contributed by atoms with Crippen molar-refractivity contribution < 1.29 is 9.90 Å². The number of aliphatic hydroxyl groups is 1. The zero-order chi connectivity index (χ0) is 28.5. The zero-order valence-electron chi connectivity index (χ0n) is 23.3. The highest BCUT2D eigenvalue weighted by Gasteiger charge is 2.43. The summed E-state index contributed by atoms with van der Waals surface area (Å²) in [4.78, 5) is 29.7. The minimum atomic E-state index is -0.908. The Morgan fingerprint density at radius 1 is 1.12 bits per heavy atom. The molecule has 212 valence electrons. The Hall–Kier alpha value is -4.35. The van der Waals surface area contributed by atoms with E-state index in [0.29, 0.717) is 29.0 Å². The second-order valence-electron chi connectivity index (χ2n) is 11.2. The Bertz CT molecular complexity index is 1540. The first-order chi connectivity index (χ1) is 19.9. The number of aromatic nitrogens is 5. The fraction of sp³-hybridized carbons (Fsp3) is 0.367. The molecule has 1 aliphatic heterocycles. The van der Waals surface area contributed by atoms with Gasteiger partial charge in [-0.2, -0.15) is 5.10 Å². The number of nitrogens with two attached hydrogens (primary N) is 1. The fourth-order valence-corrected chi connectivity index (χ4v) is 6.06. The number of carbonyl (C=O) groups excluding carboxylic acids is 1. The molecule has 4 heterocycles. The first-order valence-corrected chi connectivity index (χ1v) is 13.9. The van der Waals surface area contributed by atoms with E-state index in [4.69, 9.17) is 10.8 Å². The maximum absolute atomic E-state index is 12.7. The number of likely N-dealkylation sites (tertiary alicyclic amines) is 1. The van der Waals surface area contributed by atoms with Crippen LogP contribution in [-0.2, 0) is 4.79 Å². The predicted octanol–water partition coefficient (Wildman–Crippen LogP) is 3.10. The average Bonchev–Trinajstić information content (AvgIpc) is 3.66. The molecule has 4 aromatic rings. The zero-order valence-corrected chi connectivity index (χ0v) is 23.3. The summed E-state index contributed by atoms with van der Waals surface area (Å²) < 4.78 is 2.01. The van der Waals surface area contributed by atoms with Crippen LogP contribution < -0.4 is 11.1 Å². The first kappa shape index (κ1) is 26.9. The van der Waals surface area contributed by atoms with E-state index in [2.05, 4.69) is 20.3 Å². The molecule has 1 saturated carbocycles. The van der Waals surface area contributed by atoms with Crippen LogP contribution in [0.1, 0.15) is 30.7 Å². The van der Waals surface area contributed by atoms with Crippen molar-refractivity contribution in [2.45, 2.75) is 25.1 Å². The van der Waals surface area contributed by atoms with Gasteiger partial charge in [-0.1, -0.05) is 36.4 Å². The lowest BCUT2D eigenvalue weighted by Crippen LogP contribution is -2.28. The van der Waals surface area contributed by atoms with Crippen LogP contribution in [-0.4, -0.2) is 79.3 Å². The van der Waals surface area contributed by atoms with Crippen molar-refractivity contribution >= 4 is 28.6 Å². The van der Waals surface area contributed by atoms with Crippen molar-refractivity contribution in [1.82, 2.24) is 34.5 Å². The molecule has 0 bridgehead atoms. The van der Waals surface area contributed by atoms with Gasteiger partial charge in [-0.05, 0) is 50.9 Å². The standard InChI is InChI=1S/C30H35N9O2/c1-37(2)13-5-7-25(40)38-16-21-14-23(15-22(21)17-38)39-29-26(28(31)33-18-34-29)27(36-39)19-8-10-20(11-9-19)30(41)35-24-6-3-4-12-32-24/h3-12,18,21-23,30,41H,13-17H2,1-2H3,(H,32,35)(H2,31,33,34)/b7-5+. The highest BCUT2D eigenvalue weighted by molar-refractivity contribution is 5.98. The molecular weight excluding hydrogens is 518 g/mol. The van der Waals surface area contributed by atoms with Crippen LogP contribution in [0.2, 0.25) is 0 Å². The Labute approximate surface area is 238 Å². The molecule has 41 heavy (non-hydrogen) atoms. The molecule has 3 aromatic heterocycles. The smallest absolute Gasteiger partial charge is 0.246 e. The largest absolute Gasteiger partial charge is 0.383 e. The highest BCUT2D eigenvalue weighted by Crippen LogP contribution is 2.45. The molecule has 2 aliphatic rings. The summed E-state index contributed by atoms with van der Waals surface area (Å²) in [5.74, 6) is 1.93. The molecule has 1 aliphatic carbocycles. The SMILES string of the molecule is CN(C)C/C=C/C(=O)N1CC2CC(n3nc(-c4ccc(C(O)Nc5ccccn5)cc4)c4c(N)ncnc43)CC2C1.